The average molecular weight is 599 g/mol. The van der Waals surface area contributed by atoms with Gasteiger partial charge < -0.3 is 16.0 Å². The lowest BCUT2D eigenvalue weighted by molar-refractivity contribution is -0.108. The molecule has 0 saturated heterocycles. The number of nitrogens with zero attached hydrogens (tertiary/aromatic N) is 5. The van der Waals surface area contributed by atoms with E-state index in [1.807, 2.05) is 32.2 Å². The van der Waals surface area contributed by atoms with Gasteiger partial charge in [0.1, 0.15) is 28.9 Å². The predicted octanol–water partition coefficient (Wildman–Crippen LogP) is 6.01. The van der Waals surface area contributed by atoms with Crippen molar-refractivity contribution in [1.29, 1.82) is 0 Å². The molecule has 1 amide bonds. The molecule has 1 aliphatic rings. The van der Waals surface area contributed by atoms with Gasteiger partial charge in [-0.15, -0.1) is 6.58 Å². The van der Waals surface area contributed by atoms with Crippen molar-refractivity contribution in [3.8, 4) is 11.4 Å². The summed E-state index contributed by atoms with van der Waals surface area (Å²) < 4.78 is 0. The van der Waals surface area contributed by atoms with Crippen molar-refractivity contribution in [2.75, 3.05) is 37.8 Å². The zero-order valence-corrected chi connectivity index (χ0v) is 26.2. The van der Waals surface area contributed by atoms with Crippen LogP contribution >= 0.6 is 23.2 Å². The van der Waals surface area contributed by atoms with Crippen LogP contribution in [0.2, 0.25) is 10.0 Å². The first-order valence-electron chi connectivity index (χ1n) is 13.8. The van der Waals surface area contributed by atoms with E-state index in [0.717, 1.165) is 24.9 Å². The predicted molar refractivity (Wildman–Crippen MR) is 173 cm³/mol. The third-order valence-corrected chi connectivity index (χ3v) is 7.92. The van der Waals surface area contributed by atoms with E-state index in [4.69, 9.17) is 38.9 Å². The molecule has 10 heteroatoms. The molecule has 3 unspecified atom stereocenters. The van der Waals surface area contributed by atoms with Crippen molar-refractivity contribution in [3.63, 3.8) is 0 Å². The Morgan fingerprint density at radius 3 is 2.54 bits per heavy atom. The number of nitrogens with one attached hydrogen (secondary N) is 1. The van der Waals surface area contributed by atoms with Gasteiger partial charge in [0.25, 0.3) is 0 Å². The van der Waals surface area contributed by atoms with Crippen LogP contribution in [0.15, 0.2) is 59.6 Å². The number of nitrogens with two attached hydrogens (primary N) is 1. The molecule has 2 aromatic rings. The fourth-order valence-corrected chi connectivity index (χ4v) is 5.72. The van der Waals surface area contributed by atoms with E-state index in [1.54, 1.807) is 30.1 Å². The number of likely N-dealkylation sites (N-methyl/N-ethyl adjacent to an activating group) is 1. The molecule has 8 nitrogen and oxygen atoms in total. The van der Waals surface area contributed by atoms with Gasteiger partial charge in [-0.05, 0) is 57.0 Å². The molecule has 2 aromatic heterocycles. The molecule has 3 N–H and O–H groups in total. The maximum Gasteiger partial charge on any atom is 0.215 e. The quantitative estimate of drug-likeness (QED) is 0.134. The molecule has 41 heavy (non-hydrogen) atoms. The topological polar surface area (TPSA) is 99.7 Å². The summed E-state index contributed by atoms with van der Waals surface area (Å²) in [6, 6.07) is 4.88. The van der Waals surface area contributed by atoms with Gasteiger partial charge in [0, 0.05) is 32.1 Å². The number of amides is 1. The molecule has 2 heterocycles. The number of rotatable bonds is 12. The van der Waals surface area contributed by atoms with Gasteiger partial charge >= 0.3 is 0 Å². The molecule has 0 bridgehead atoms. The molecule has 0 radical (unpaired) electrons. The van der Waals surface area contributed by atoms with Crippen molar-refractivity contribution in [3.05, 3.63) is 70.3 Å². The fraction of sp³-hybridized carbons (Fsp3) is 0.419. The molecule has 0 spiro atoms. The van der Waals surface area contributed by atoms with E-state index in [2.05, 4.69) is 48.6 Å². The molecule has 3 atom stereocenters. The standard InChI is InChI=1S/C31H41Cl2N7O/c1-8-9-15-39(21(5)17-35-6)30(36-7)23-16-25(33)28(27-24(32)13-14-26(34)37-27)38-31(23)40(18-41)29-20(4)11-10-12-22(29)19(2)3/h8,10-14,16,18-19,21-22,29,35H,1,9,15,17H2,2-7H3,(H2,34,37)/b36-30+. The second-order valence-electron chi connectivity index (χ2n) is 10.6. The molecule has 220 valence electrons. The van der Waals surface area contributed by atoms with Crippen LogP contribution in [0.3, 0.4) is 0 Å². The average Bonchev–Trinajstić information content (AvgIpc) is 2.94. The van der Waals surface area contributed by atoms with Gasteiger partial charge in [0.15, 0.2) is 0 Å². The number of hydrogen-bond donors (Lipinski definition) is 2. The zero-order chi connectivity index (χ0) is 30.3. The fourth-order valence-electron chi connectivity index (χ4n) is 5.29. The van der Waals surface area contributed by atoms with Gasteiger partial charge in [-0.25, -0.2) is 9.97 Å². The maximum atomic E-state index is 13.1. The third-order valence-electron chi connectivity index (χ3n) is 7.33. The van der Waals surface area contributed by atoms with E-state index in [1.165, 1.54) is 0 Å². The third kappa shape index (κ3) is 7.18. The number of carbonyl (C=O) groups excluding carboxylic acids is 1. The van der Waals surface area contributed by atoms with Gasteiger partial charge in [-0.3, -0.25) is 14.7 Å². The minimum Gasteiger partial charge on any atom is -0.384 e. The first-order valence-corrected chi connectivity index (χ1v) is 14.6. The summed E-state index contributed by atoms with van der Waals surface area (Å²) in [5.74, 6) is 1.69. The highest BCUT2D eigenvalue weighted by molar-refractivity contribution is 6.36. The van der Waals surface area contributed by atoms with Crippen LogP contribution in [0.4, 0.5) is 11.6 Å². The van der Waals surface area contributed by atoms with Gasteiger partial charge in [0.05, 0.1) is 21.7 Å². The van der Waals surface area contributed by atoms with E-state index in [9.17, 15) is 4.79 Å². The van der Waals surface area contributed by atoms with Crippen LogP contribution in [0.1, 0.15) is 39.7 Å². The lowest BCUT2D eigenvalue weighted by Gasteiger charge is -2.39. The number of carbonyl (C=O) groups is 1. The summed E-state index contributed by atoms with van der Waals surface area (Å²) in [5.41, 5.74) is 8.36. The second kappa shape index (κ2) is 14.6. The number of aromatic nitrogens is 2. The highest BCUT2D eigenvalue weighted by atomic mass is 35.5. The largest absolute Gasteiger partial charge is 0.384 e. The molecule has 0 fully saturated rings. The Morgan fingerprint density at radius 1 is 1.22 bits per heavy atom. The minimum absolute atomic E-state index is 0.0650. The Balaban J connectivity index is 2.36. The molecular formula is C31H41Cl2N7O. The monoisotopic (exact) mass is 597 g/mol. The second-order valence-corrected chi connectivity index (χ2v) is 11.4. The highest BCUT2D eigenvalue weighted by Gasteiger charge is 2.35. The summed E-state index contributed by atoms with van der Waals surface area (Å²) in [7, 11) is 3.65. The molecule has 3 rings (SSSR count). The molecule has 1 aliphatic carbocycles. The van der Waals surface area contributed by atoms with Crippen LogP contribution in [0.25, 0.3) is 11.4 Å². The van der Waals surface area contributed by atoms with Crippen molar-refractivity contribution >= 4 is 47.1 Å². The van der Waals surface area contributed by atoms with E-state index < -0.39 is 0 Å². The summed E-state index contributed by atoms with van der Waals surface area (Å²) in [5, 5.41) is 3.92. The van der Waals surface area contributed by atoms with E-state index >= 15 is 0 Å². The first kappa shape index (κ1) is 32.3. The number of nitrogen functional groups attached to an aromatic ring is 1. The Hall–Kier alpha value is -3.20. The van der Waals surface area contributed by atoms with E-state index in [0.29, 0.717) is 45.2 Å². The summed E-state index contributed by atoms with van der Waals surface area (Å²) in [4.78, 5) is 31.1. The van der Waals surface area contributed by atoms with Crippen LogP contribution in [-0.4, -0.2) is 66.4 Å². The Morgan fingerprint density at radius 2 is 1.93 bits per heavy atom. The molecule has 0 saturated carbocycles. The van der Waals surface area contributed by atoms with Gasteiger partial charge in [0.2, 0.25) is 6.41 Å². The van der Waals surface area contributed by atoms with Crippen molar-refractivity contribution < 1.29 is 4.79 Å². The lowest BCUT2D eigenvalue weighted by atomic mass is 9.81. The van der Waals surface area contributed by atoms with Crippen LogP contribution < -0.4 is 16.0 Å². The Kier molecular flexibility index (Phi) is 11.5. The summed E-state index contributed by atoms with van der Waals surface area (Å²) in [6.45, 7) is 13.8. The summed E-state index contributed by atoms with van der Waals surface area (Å²) >= 11 is 13.5. The van der Waals surface area contributed by atoms with Crippen molar-refractivity contribution in [2.24, 2.45) is 16.8 Å². The lowest BCUT2D eigenvalue weighted by Crippen LogP contribution is -2.47. The first-order chi connectivity index (χ1) is 19.6. The normalized spacial score (nSPS) is 17.8. The number of anilines is 2. The van der Waals surface area contributed by atoms with Crippen LogP contribution in [-0.2, 0) is 4.79 Å². The number of pyridine rings is 2. The number of allylic oxidation sites excluding steroid dienone is 2. The van der Waals surface area contributed by atoms with Crippen molar-refractivity contribution in [1.82, 2.24) is 20.2 Å². The summed E-state index contributed by atoms with van der Waals surface area (Å²) in [6.07, 6.45) is 9.69. The molecule has 0 aromatic carbocycles. The van der Waals surface area contributed by atoms with E-state index in [-0.39, 0.29) is 29.7 Å². The Labute approximate surface area is 254 Å². The molecular weight excluding hydrogens is 557 g/mol. The molecule has 0 aliphatic heterocycles. The number of amidine groups is 1. The number of hydrogen-bond acceptors (Lipinski definition) is 6. The van der Waals surface area contributed by atoms with Gasteiger partial charge in [-0.2, -0.15) is 0 Å². The Bertz CT molecular complexity index is 1340. The number of aliphatic imine (C=N–C) groups is 1. The van der Waals surface area contributed by atoms with Crippen LogP contribution in [0.5, 0.6) is 0 Å². The smallest absolute Gasteiger partial charge is 0.215 e. The van der Waals surface area contributed by atoms with Crippen molar-refractivity contribution in [2.45, 2.75) is 46.2 Å². The van der Waals surface area contributed by atoms with Gasteiger partial charge in [-0.1, -0.05) is 61.4 Å². The van der Waals surface area contributed by atoms with Crippen LogP contribution in [0, 0.1) is 11.8 Å². The SMILES string of the molecule is C=CCCN(/C(=N/C)c1cc(Cl)c(-c2nc(N)ccc2Cl)nc1N(C=O)C1C(C)=CC=CC1C(C)C)C(C)CNC. The highest BCUT2D eigenvalue weighted by Crippen LogP contribution is 2.38. The maximum absolute atomic E-state index is 13.1. The minimum atomic E-state index is -0.267. The number of halogens is 2. The zero-order valence-electron chi connectivity index (χ0n) is 24.7.